The molecule has 0 aliphatic rings. The highest BCUT2D eigenvalue weighted by molar-refractivity contribution is 7.18. The summed E-state index contributed by atoms with van der Waals surface area (Å²) in [5.74, 6) is -1.99. The van der Waals surface area contributed by atoms with E-state index in [9.17, 15) is 14.4 Å². The molecule has 2 amide bonds. The molecule has 2 aromatic heterocycles. The highest BCUT2D eigenvalue weighted by Gasteiger charge is 2.27. The number of hydrogen-bond donors (Lipinski definition) is 2. The van der Waals surface area contributed by atoms with E-state index in [0.717, 1.165) is 11.3 Å². The molecule has 8 nitrogen and oxygen atoms in total. The Hall–Kier alpha value is -2.39. The lowest BCUT2D eigenvalue weighted by Crippen LogP contribution is -2.15. The molecular weight excluding hydrogens is 356 g/mol. The van der Waals surface area contributed by atoms with Crippen molar-refractivity contribution in [3.63, 3.8) is 0 Å². The molecule has 0 saturated carbocycles. The Morgan fingerprint density at radius 3 is 2.42 bits per heavy atom. The Kier molecular flexibility index (Phi) is 4.95. The zero-order valence-corrected chi connectivity index (χ0v) is 15.0. The van der Waals surface area contributed by atoms with Crippen molar-refractivity contribution >= 4 is 45.7 Å². The van der Waals surface area contributed by atoms with E-state index in [2.05, 4.69) is 10.4 Å². The predicted octanol–water partition coefficient (Wildman–Crippen LogP) is 1.89. The van der Waals surface area contributed by atoms with Gasteiger partial charge in [0, 0.05) is 7.05 Å². The number of aryl methyl sites for hydroxylation is 1. The molecule has 0 spiro atoms. The van der Waals surface area contributed by atoms with Gasteiger partial charge in [-0.1, -0.05) is 11.6 Å². The lowest BCUT2D eigenvalue weighted by atomic mass is 10.1. The summed E-state index contributed by atoms with van der Waals surface area (Å²) < 4.78 is 6.17. The van der Waals surface area contributed by atoms with Crippen LogP contribution < -0.4 is 11.1 Å². The zero-order valence-electron chi connectivity index (χ0n) is 13.4. The van der Waals surface area contributed by atoms with Crippen molar-refractivity contribution in [2.45, 2.75) is 13.8 Å². The minimum atomic E-state index is -0.699. The Labute approximate surface area is 146 Å². The third kappa shape index (κ3) is 3.00. The molecule has 10 heteroatoms. The first kappa shape index (κ1) is 18.0. The van der Waals surface area contributed by atoms with Crippen LogP contribution in [0, 0.1) is 13.8 Å². The lowest BCUT2D eigenvalue weighted by Gasteiger charge is -2.05. The average Bonchev–Trinajstić information content (AvgIpc) is 2.98. The van der Waals surface area contributed by atoms with Gasteiger partial charge in [-0.05, 0) is 19.4 Å². The number of halogens is 1. The summed E-state index contributed by atoms with van der Waals surface area (Å²) in [5, 5.41) is 6.94. The predicted molar refractivity (Wildman–Crippen MR) is 89.8 cm³/mol. The molecule has 3 N–H and O–H groups in total. The smallest absolute Gasteiger partial charge is 0.341 e. The number of methoxy groups -OCH3 is 1. The number of amides is 2. The summed E-state index contributed by atoms with van der Waals surface area (Å²) in [6, 6.07) is 0. The minimum absolute atomic E-state index is 0.0131. The van der Waals surface area contributed by atoms with Crippen molar-refractivity contribution in [3.8, 4) is 0 Å². The first-order chi connectivity index (χ1) is 11.2. The second kappa shape index (κ2) is 6.62. The number of nitrogens with zero attached hydrogens (tertiary/aromatic N) is 2. The number of nitrogens with one attached hydrogen (secondary N) is 1. The van der Waals surface area contributed by atoms with Crippen LogP contribution >= 0.6 is 22.9 Å². The quantitative estimate of drug-likeness (QED) is 0.797. The maximum absolute atomic E-state index is 12.4. The van der Waals surface area contributed by atoms with Gasteiger partial charge in [-0.2, -0.15) is 5.10 Å². The molecule has 0 aliphatic heterocycles. The van der Waals surface area contributed by atoms with Crippen LogP contribution in [0.1, 0.15) is 41.8 Å². The number of carbonyl (C=O) groups excluding carboxylic acids is 3. The van der Waals surface area contributed by atoms with Crippen molar-refractivity contribution in [1.29, 1.82) is 0 Å². The molecule has 0 atom stereocenters. The van der Waals surface area contributed by atoms with E-state index < -0.39 is 17.8 Å². The van der Waals surface area contributed by atoms with E-state index in [1.54, 1.807) is 20.9 Å². The number of nitrogens with two attached hydrogens (primary N) is 1. The zero-order chi connectivity index (χ0) is 18.2. The average molecular weight is 371 g/mol. The van der Waals surface area contributed by atoms with E-state index in [1.807, 2.05) is 0 Å². The van der Waals surface area contributed by atoms with Gasteiger partial charge in [-0.15, -0.1) is 11.3 Å². The fraction of sp³-hybridized carbons (Fsp3) is 0.286. The van der Waals surface area contributed by atoms with Crippen molar-refractivity contribution in [3.05, 3.63) is 32.4 Å². The standard InChI is InChI=1S/C14H15ClN4O4S/c1-5-7(14(22)23-4)13(24-10(5)11(16)20)17-12(21)9-8(15)6(2)19(3)18-9/h1-4H3,(H2,16,20)(H,17,21). The van der Waals surface area contributed by atoms with Crippen LogP contribution in [0.5, 0.6) is 0 Å². The van der Waals surface area contributed by atoms with Crippen molar-refractivity contribution in [1.82, 2.24) is 9.78 Å². The third-order valence-electron chi connectivity index (χ3n) is 3.46. The Bertz CT molecular complexity index is 856. The second-order valence-electron chi connectivity index (χ2n) is 4.94. The molecule has 128 valence electrons. The van der Waals surface area contributed by atoms with Crippen molar-refractivity contribution in [2.24, 2.45) is 12.8 Å². The molecule has 0 aromatic carbocycles. The highest BCUT2D eigenvalue weighted by Crippen LogP contribution is 2.34. The highest BCUT2D eigenvalue weighted by atomic mass is 35.5. The van der Waals surface area contributed by atoms with E-state index in [4.69, 9.17) is 22.1 Å². The first-order valence-electron chi connectivity index (χ1n) is 6.71. The van der Waals surface area contributed by atoms with Crippen molar-refractivity contribution < 1.29 is 19.1 Å². The normalized spacial score (nSPS) is 10.5. The molecule has 0 saturated heterocycles. The Morgan fingerprint density at radius 2 is 1.96 bits per heavy atom. The molecule has 0 aliphatic carbocycles. The molecule has 0 radical (unpaired) electrons. The number of carbonyl (C=O) groups is 3. The van der Waals surface area contributed by atoms with Gasteiger partial charge in [-0.3, -0.25) is 14.3 Å². The monoisotopic (exact) mass is 370 g/mol. The van der Waals surface area contributed by atoms with E-state index in [1.165, 1.54) is 11.8 Å². The summed E-state index contributed by atoms with van der Waals surface area (Å²) >= 11 is 6.98. The number of hydrogen-bond acceptors (Lipinski definition) is 6. The van der Waals surface area contributed by atoms with Crippen LogP contribution in [0.4, 0.5) is 5.00 Å². The summed E-state index contributed by atoms with van der Waals surface area (Å²) in [6.07, 6.45) is 0. The topological polar surface area (TPSA) is 116 Å². The van der Waals surface area contributed by atoms with Gasteiger partial charge in [0.25, 0.3) is 11.8 Å². The first-order valence-corrected chi connectivity index (χ1v) is 7.90. The van der Waals surface area contributed by atoms with Gasteiger partial charge in [0.2, 0.25) is 0 Å². The number of rotatable bonds is 4. The van der Waals surface area contributed by atoms with Gasteiger partial charge in [-0.25, -0.2) is 4.79 Å². The number of esters is 1. The van der Waals surface area contributed by atoms with Gasteiger partial charge in [0.1, 0.15) is 5.00 Å². The molecule has 0 fully saturated rings. The van der Waals surface area contributed by atoms with E-state index >= 15 is 0 Å². The summed E-state index contributed by atoms with van der Waals surface area (Å²) in [4.78, 5) is 36.0. The van der Waals surface area contributed by atoms with Crippen molar-refractivity contribution in [2.75, 3.05) is 12.4 Å². The number of thiophene rings is 1. The maximum Gasteiger partial charge on any atom is 0.341 e. The third-order valence-corrected chi connectivity index (χ3v) is 5.14. The van der Waals surface area contributed by atoms with Crippen LogP contribution in [-0.2, 0) is 11.8 Å². The minimum Gasteiger partial charge on any atom is -0.465 e. The number of anilines is 1. The lowest BCUT2D eigenvalue weighted by molar-refractivity contribution is 0.0601. The maximum atomic E-state index is 12.4. The van der Waals surface area contributed by atoms with Gasteiger partial charge < -0.3 is 15.8 Å². The number of ether oxygens (including phenoxy) is 1. The molecular formula is C14H15ClN4O4S. The SMILES string of the molecule is COC(=O)c1c(NC(=O)c2nn(C)c(C)c2Cl)sc(C(N)=O)c1C. The molecule has 0 bridgehead atoms. The molecule has 24 heavy (non-hydrogen) atoms. The Morgan fingerprint density at radius 1 is 1.33 bits per heavy atom. The van der Waals surface area contributed by atoms with Crippen LogP contribution in [0.25, 0.3) is 0 Å². The van der Waals surface area contributed by atoms with Crippen LogP contribution in [0.2, 0.25) is 5.02 Å². The van der Waals surface area contributed by atoms with Gasteiger partial charge in [0.15, 0.2) is 5.69 Å². The van der Waals surface area contributed by atoms with Crippen LogP contribution in [-0.4, -0.2) is 34.7 Å². The summed E-state index contributed by atoms with van der Waals surface area (Å²) in [5.41, 5.74) is 6.35. The molecule has 2 heterocycles. The van der Waals surface area contributed by atoms with Gasteiger partial charge >= 0.3 is 5.97 Å². The number of primary amides is 1. The van der Waals surface area contributed by atoms with Crippen LogP contribution in [0.3, 0.4) is 0 Å². The summed E-state index contributed by atoms with van der Waals surface area (Å²) in [7, 11) is 2.85. The van der Waals surface area contributed by atoms with E-state index in [0.29, 0.717) is 11.3 Å². The molecule has 2 rings (SSSR count). The fourth-order valence-corrected chi connectivity index (χ4v) is 3.36. The molecule has 2 aromatic rings. The van der Waals surface area contributed by atoms with Crippen LogP contribution in [0.15, 0.2) is 0 Å². The second-order valence-corrected chi connectivity index (χ2v) is 6.34. The Balaban J connectivity index is 2.47. The van der Waals surface area contributed by atoms with Gasteiger partial charge in [0.05, 0.1) is 28.3 Å². The molecule has 0 unspecified atom stereocenters. The fourth-order valence-electron chi connectivity index (χ4n) is 2.07. The number of aromatic nitrogens is 2. The summed E-state index contributed by atoms with van der Waals surface area (Å²) in [6.45, 7) is 3.27. The largest absolute Gasteiger partial charge is 0.465 e. The van der Waals surface area contributed by atoms with E-state index in [-0.39, 0.29) is 26.2 Å².